The summed E-state index contributed by atoms with van der Waals surface area (Å²) in [5.41, 5.74) is 0. The molecule has 1 fully saturated rings. The second-order valence-electron chi connectivity index (χ2n) is 4.83. The van der Waals surface area contributed by atoms with E-state index in [0.717, 1.165) is 49.6 Å². The average Bonchev–Trinajstić information content (AvgIpc) is 2.47. The van der Waals surface area contributed by atoms with E-state index >= 15 is 0 Å². The van der Waals surface area contributed by atoms with Crippen molar-refractivity contribution in [2.24, 2.45) is 0 Å². The molecule has 2 N–H and O–H groups in total. The van der Waals surface area contributed by atoms with Crippen molar-refractivity contribution in [3.63, 3.8) is 0 Å². The van der Waals surface area contributed by atoms with Crippen LogP contribution in [0.3, 0.4) is 0 Å². The summed E-state index contributed by atoms with van der Waals surface area (Å²) in [6.45, 7) is 6.86. The van der Waals surface area contributed by atoms with Gasteiger partial charge in [-0.2, -0.15) is 0 Å². The summed E-state index contributed by atoms with van der Waals surface area (Å²) in [6, 6.07) is 2.28. The molecule has 2 rings (SSSR count). The van der Waals surface area contributed by atoms with E-state index in [1.165, 1.54) is 0 Å². The highest BCUT2D eigenvalue weighted by Gasteiger charge is 2.14. The lowest BCUT2D eigenvalue weighted by Crippen LogP contribution is -2.42. The Balaban J connectivity index is 1.93. The molecule has 0 radical (unpaired) electrons. The number of thioether (sulfide) groups is 1. The second kappa shape index (κ2) is 7.66. The minimum absolute atomic E-state index is 0.336. The number of ether oxygens (including phenoxy) is 1. The molecule has 7 heteroatoms. The zero-order valence-corrected chi connectivity index (χ0v) is 13.2. The van der Waals surface area contributed by atoms with Gasteiger partial charge in [0.1, 0.15) is 11.6 Å². The van der Waals surface area contributed by atoms with Crippen LogP contribution in [-0.2, 0) is 4.74 Å². The summed E-state index contributed by atoms with van der Waals surface area (Å²) in [4.78, 5) is 11.3. The van der Waals surface area contributed by atoms with Crippen LogP contribution < -0.4 is 10.6 Å². The minimum Gasteiger partial charge on any atom is -0.379 e. The van der Waals surface area contributed by atoms with Crippen molar-refractivity contribution in [3.05, 3.63) is 6.07 Å². The molecule has 1 saturated heterocycles. The van der Waals surface area contributed by atoms with E-state index < -0.39 is 0 Å². The molecular formula is C13H23N5OS. The molecule has 1 aromatic rings. The number of anilines is 2. The molecule has 6 nitrogen and oxygen atoms in total. The van der Waals surface area contributed by atoms with Crippen LogP contribution in [0.2, 0.25) is 0 Å². The van der Waals surface area contributed by atoms with Crippen LogP contribution in [0.25, 0.3) is 0 Å². The Morgan fingerprint density at radius 1 is 1.35 bits per heavy atom. The number of nitrogens with zero attached hydrogens (tertiary/aromatic N) is 3. The Kier molecular flexibility index (Phi) is 5.87. The molecule has 1 unspecified atom stereocenters. The topological polar surface area (TPSA) is 62.3 Å². The quantitative estimate of drug-likeness (QED) is 0.607. The lowest BCUT2D eigenvalue weighted by molar-refractivity contribution is 0.0368. The van der Waals surface area contributed by atoms with Crippen molar-refractivity contribution in [2.75, 3.05) is 56.8 Å². The van der Waals surface area contributed by atoms with Crippen LogP contribution >= 0.6 is 11.8 Å². The van der Waals surface area contributed by atoms with Crippen molar-refractivity contribution >= 4 is 23.4 Å². The van der Waals surface area contributed by atoms with Gasteiger partial charge in [-0.3, -0.25) is 4.90 Å². The normalized spacial score (nSPS) is 17.8. The molecule has 1 atom stereocenters. The number of hydrogen-bond donors (Lipinski definition) is 2. The molecule has 0 saturated carbocycles. The maximum absolute atomic E-state index is 5.37. The van der Waals surface area contributed by atoms with Gasteiger partial charge < -0.3 is 15.4 Å². The van der Waals surface area contributed by atoms with Crippen molar-refractivity contribution in [3.8, 4) is 0 Å². The van der Waals surface area contributed by atoms with Gasteiger partial charge in [0, 0.05) is 38.8 Å². The number of rotatable bonds is 6. The third-order valence-corrected chi connectivity index (χ3v) is 3.72. The van der Waals surface area contributed by atoms with Gasteiger partial charge in [-0.05, 0) is 13.2 Å². The first-order chi connectivity index (χ1) is 9.71. The predicted octanol–water partition coefficient (Wildman–Crippen LogP) is 1.37. The van der Waals surface area contributed by atoms with Crippen molar-refractivity contribution < 1.29 is 4.74 Å². The third kappa shape index (κ3) is 4.50. The van der Waals surface area contributed by atoms with Crippen LogP contribution in [0, 0.1) is 0 Å². The zero-order valence-electron chi connectivity index (χ0n) is 12.3. The summed E-state index contributed by atoms with van der Waals surface area (Å²) in [6.07, 6.45) is 1.98. The standard InChI is InChI=1S/C13H23N5OS/c1-10(9-18-4-6-19-7-5-18)15-12-8-11(14-2)16-13(17-12)20-3/h8,10H,4-7,9H2,1-3H3,(H2,14,15,16,17). The molecular weight excluding hydrogens is 274 g/mol. The van der Waals surface area contributed by atoms with Crippen LogP contribution in [0.5, 0.6) is 0 Å². The fourth-order valence-electron chi connectivity index (χ4n) is 2.19. The van der Waals surface area contributed by atoms with E-state index in [1.807, 2.05) is 19.4 Å². The molecule has 1 aliphatic rings. The number of hydrogen-bond acceptors (Lipinski definition) is 7. The molecule has 0 spiro atoms. The lowest BCUT2D eigenvalue weighted by Gasteiger charge is -2.29. The summed E-state index contributed by atoms with van der Waals surface area (Å²) in [5, 5.41) is 7.29. The fourth-order valence-corrected chi connectivity index (χ4v) is 2.57. The fraction of sp³-hybridized carbons (Fsp3) is 0.692. The summed E-state index contributed by atoms with van der Waals surface area (Å²) in [5.74, 6) is 1.71. The Bertz CT molecular complexity index is 403. The first-order valence-corrected chi connectivity index (χ1v) is 8.11. The van der Waals surface area contributed by atoms with Crippen LogP contribution in [-0.4, -0.2) is 67.1 Å². The van der Waals surface area contributed by atoms with Gasteiger partial charge in [0.2, 0.25) is 0 Å². The van der Waals surface area contributed by atoms with E-state index in [9.17, 15) is 0 Å². The molecule has 1 aromatic heterocycles. The summed E-state index contributed by atoms with van der Waals surface area (Å²) in [7, 11) is 1.87. The molecule has 0 bridgehead atoms. The molecule has 1 aliphatic heterocycles. The molecule has 2 heterocycles. The van der Waals surface area contributed by atoms with E-state index in [-0.39, 0.29) is 0 Å². The van der Waals surface area contributed by atoms with E-state index in [1.54, 1.807) is 11.8 Å². The van der Waals surface area contributed by atoms with Crippen molar-refractivity contribution in [1.29, 1.82) is 0 Å². The van der Waals surface area contributed by atoms with Crippen LogP contribution in [0.4, 0.5) is 11.6 Å². The lowest BCUT2D eigenvalue weighted by atomic mass is 10.3. The molecule has 20 heavy (non-hydrogen) atoms. The van der Waals surface area contributed by atoms with Gasteiger partial charge in [0.25, 0.3) is 0 Å². The van der Waals surface area contributed by atoms with Crippen molar-refractivity contribution in [2.45, 2.75) is 18.1 Å². The Labute approximate surface area is 124 Å². The average molecular weight is 297 g/mol. The predicted molar refractivity (Wildman–Crippen MR) is 83.7 cm³/mol. The molecule has 0 aliphatic carbocycles. The minimum atomic E-state index is 0.336. The Hall–Kier alpha value is -1.05. The van der Waals surface area contributed by atoms with Crippen LogP contribution in [0.1, 0.15) is 6.92 Å². The molecule has 112 valence electrons. The molecule has 0 aromatic carbocycles. The largest absolute Gasteiger partial charge is 0.379 e. The first kappa shape index (κ1) is 15.3. The second-order valence-corrected chi connectivity index (χ2v) is 5.61. The zero-order chi connectivity index (χ0) is 14.4. The Morgan fingerprint density at radius 2 is 2.05 bits per heavy atom. The van der Waals surface area contributed by atoms with E-state index in [2.05, 4.69) is 32.4 Å². The van der Waals surface area contributed by atoms with Crippen molar-refractivity contribution in [1.82, 2.24) is 14.9 Å². The maximum Gasteiger partial charge on any atom is 0.191 e. The van der Waals surface area contributed by atoms with Gasteiger partial charge in [-0.25, -0.2) is 9.97 Å². The molecule has 0 amide bonds. The highest BCUT2D eigenvalue weighted by Crippen LogP contribution is 2.17. The number of aromatic nitrogens is 2. The highest BCUT2D eigenvalue weighted by atomic mass is 32.2. The van der Waals surface area contributed by atoms with Gasteiger partial charge in [0.05, 0.1) is 13.2 Å². The van der Waals surface area contributed by atoms with Crippen LogP contribution in [0.15, 0.2) is 11.2 Å². The Morgan fingerprint density at radius 3 is 2.70 bits per heavy atom. The summed E-state index contributed by atoms with van der Waals surface area (Å²) >= 11 is 1.55. The van der Waals surface area contributed by atoms with Gasteiger partial charge >= 0.3 is 0 Å². The van der Waals surface area contributed by atoms with E-state index in [4.69, 9.17) is 4.74 Å². The highest BCUT2D eigenvalue weighted by molar-refractivity contribution is 7.98. The monoisotopic (exact) mass is 297 g/mol. The first-order valence-electron chi connectivity index (χ1n) is 6.88. The van der Waals surface area contributed by atoms with E-state index in [0.29, 0.717) is 6.04 Å². The van der Waals surface area contributed by atoms with Gasteiger partial charge in [-0.1, -0.05) is 11.8 Å². The maximum atomic E-state index is 5.37. The number of nitrogens with one attached hydrogen (secondary N) is 2. The third-order valence-electron chi connectivity index (χ3n) is 3.17. The number of morpholine rings is 1. The SMILES string of the molecule is CNc1cc(NC(C)CN2CCOCC2)nc(SC)n1. The van der Waals surface area contributed by atoms with Gasteiger partial charge in [0.15, 0.2) is 5.16 Å². The van der Waals surface area contributed by atoms with Gasteiger partial charge in [-0.15, -0.1) is 0 Å². The summed E-state index contributed by atoms with van der Waals surface area (Å²) < 4.78 is 5.37. The smallest absolute Gasteiger partial charge is 0.191 e.